The van der Waals surface area contributed by atoms with Gasteiger partial charge in [0.25, 0.3) is 0 Å². The van der Waals surface area contributed by atoms with Crippen molar-refractivity contribution in [2.45, 2.75) is 39.0 Å². The lowest BCUT2D eigenvalue weighted by Gasteiger charge is -2.22. The second kappa shape index (κ2) is 5.24. The molecule has 1 fully saturated rings. The number of benzene rings is 1. The first-order chi connectivity index (χ1) is 7.75. The molecule has 0 amide bonds. The third-order valence-electron chi connectivity index (χ3n) is 3.52. The predicted octanol–water partition coefficient (Wildman–Crippen LogP) is 3.69. The highest BCUT2D eigenvalue weighted by atomic mass is 16.3. The number of aromatic hydroxyl groups is 1. The van der Waals surface area contributed by atoms with E-state index in [1.54, 1.807) is 6.07 Å². The summed E-state index contributed by atoms with van der Waals surface area (Å²) in [5.41, 5.74) is 2.06. The van der Waals surface area contributed by atoms with Crippen LogP contribution in [0.2, 0.25) is 0 Å². The molecular formula is C14H21NO. The maximum atomic E-state index is 9.43. The van der Waals surface area contributed by atoms with Crippen molar-refractivity contribution in [3.8, 4) is 5.75 Å². The molecule has 2 nitrogen and oxygen atoms in total. The lowest BCUT2D eigenvalue weighted by molar-refractivity contribution is 0.373. The molecule has 2 rings (SSSR count). The van der Waals surface area contributed by atoms with Crippen LogP contribution in [-0.4, -0.2) is 11.7 Å². The van der Waals surface area contributed by atoms with E-state index in [-0.39, 0.29) is 0 Å². The van der Waals surface area contributed by atoms with Gasteiger partial charge in [0.05, 0.1) is 0 Å². The zero-order chi connectivity index (χ0) is 11.4. The molecule has 0 spiro atoms. The summed E-state index contributed by atoms with van der Waals surface area (Å²) in [6, 6.07) is 5.72. The summed E-state index contributed by atoms with van der Waals surface area (Å²) in [7, 11) is 0. The Kier molecular flexibility index (Phi) is 3.70. The van der Waals surface area contributed by atoms with E-state index in [4.69, 9.17) is 0 Å². The molecule has 0 radical (unpaired) electrons. The van der Waals surface area contributed by atoms with Gasteiger partial charge in [0, 0.05) is 12.2 Å². The van der Waals surface area contributed by atoms with Gasteiger partial charge in [-0.1, -0.05) is 19.3 Å². The highest BCUT2D eigenvalue weighted by Crippen LogP contribution is 2.25. The summed E-state index contributed by atoms with van der Waals surface area (Å²) in [6.07, 6.45) is 6.92. The van der Waals surface area contributed by atoms with Crippen molar-refractivity contribution < 1.29 is 5.11 Å². The van der Waals surface area contributed by atoms with Gasteiger partial charge in [-0.3, -0.25) is 0 Å². The number of hydrogen-bond acceptors (Lipinski definition) is 2. The summed E-state index contributed by atoms with van der Waals surface area (Å²) in [4.78, 5) is 0. The summed E-state index contributed by atoms with van der Waals surface area (Å²) in [6.45, 7) is 3.01. The number of aryl methyl sites for hydroxylation is 1. The van der Waals surface area contributed by atoms with Gasteiger partial charge in [-0.2, -0.15) is 0 Å². The molecule has 1 aliphatic rings. The molecule has 2 heteroatoms. The summed E-state index contributed by atoms with van der Waals surface area (Å²) in [5, 5.41) is 12.9. The molecule has 0 saturated heterocycles. The smallest absolute Gasteiger partial charge is 0.118 e. The normalized spacial score (nSPS) is 17.3. The minimum Gasteiger partial charge on any atom is -0.508 e. The second-order valence-corrected chi connectivity index (χ2v) is 4.89. The maximum absolute atomic E-state index is 9.43. The van der Waals surface area contributed by atoms with Crippen LogP contribution in [0.3, 0.4) is 0 Å². The van der Waals surface area contributed by atoms with E-state index in [0.29, 0.717) is 5.75 Å². The zero-order valence-corrected chi connectivity index (χ0v) is 10.00. The molecule has 88 valence electrons. The Hall–Kier alpha value is -1.18. The first-order valence-corrected chi connectivity index (χ1v) is 6.29. The average molecular weight is 219 g/mol. The standard InChI is InChI=1S/C14H21NO/c1-11-9-13(7-8-14(11)16)15-10-12-5-3-2-4-6-12/h7-9,12,15-16H,2-6,10H2,1H3. The average Bonchev–Trinajstić information content (AvgIpc) is 2.32. The van der Waals surface area contributed by atoms with E-state index in [9.17, 15) is 5.11 Å². The molecule has 2 N–H and O–H groups in total. The molecule has 0 aromatic heterocycles. The van der Waals surface area contributed by atoms with Crippen LogP contribution in [0.25, 0.3) is 0 Å². The number of phenolic OH excluding ortho intramolecular Hbond substituents is 1. The Balaban J connectivity index is 1.86. The predicted molar refractivity (Wildman–Crippen MR) is 67.9 cm³/mol. The van der Waals surface area contributed by atoms with E-state index in [1.807, 2.05) is 19.1 Å². The van der Waals surface area contributed by atoms with E-state index in [0.717, 1.165) is 23.7 Å². The van der Waals surface area contributed by atoms with E-state index in [2.05, 4.69) is 5.32 Å². The van der Waals surface area contributed by atoms with Gasteiger partial charge in [0.2, 0.25) is 0 Å². The number of hydrogen-bond donors (Lipinski definition) is 2. The Bertz CT molecular complexity index is 343. The monoisotopic (exact) mass is 219 g/mol. The molecule has 1 aromatic rings. The molecule has 0 atom stereocenters. The molecule has 16 heavy (non-hydrogen) atoms. The largest absolute Gasteiger partial charge is 0.508 e. The van der Waals surface area contributed by atoms with Crippen molar-refractivity contribution in [1.82, 2.24) is 0 Å². The molecule has 1 aliphatic carbocycles. The lowest BCUT2D eigenvalue weighted by atomic mass is 9.89. The van der Waals surface area contributed by atoms with Gasteiger partial charge in [-0.15, -0.1) is 0 Å². The van der Waals surface area contributed by atoms with Crippen LogP contribution >= 0.6 is 0 Å². The summed E-state index contributed by atoms with van der Waals surface area (Å²) in [5.74, 6) is 1.21. The lowest BCUT2D eigenvalue weighted by Crippen LogP contribution is -2.17. The molecular weight excluding hydrogens is 198 g/mol. The zero-order valence-electron chi connectivity index (χ0n) is 10.00. The minimum absolute atomic E-state index is 0.378. The molecule has 0 aliphatic heterocycles. The molecule has 0 heterocycles. The number of phenols is 1. The van der Waals surface area contributed by atoms with E-state index < -0.39 is 0 Å². The fourth-order valence-corrected chi connectivity index (χ4v) is 2.42. The van der Waals surface area contributed by atoms with Crippen LogP contribution in [0, 0.1) is 12.8 Å². The Labute approximate surface area is 97.7 Å². The van der Waals surface area contributed by atoms with Crippen LogP contribution in [0.4, 0.5) is 5.69 Å². The van der Waals surface area contributed by atoms with Crippen LogP contribution in [0.15, 0.2) is 18.2 Å². The first-order valence-electron chi connectivity index (χ1n) is 6.29. The molecule has 1 saturated carbocycles. The van der Waals surface area contributed by atoms with Crippen LogP contribution in [-0.2, 0) is 0 Å². The summed E-state index contributed by atoms with van der Waals surface area (Å²) < 4.78 is 0. The van der Waals surface area contributed by atoms with Gasteiger partial charge >= 0.3 is 0 Å². The first kappa shape index (κ1) is 11.3. The van der Waals surface area contributed by atoms with E-state index >= 15 is 0 Å². The topological polar surface area (TPSA) is 32.3 Å². The van der Waals surface area contributed by atoms with Gasteiger partial charge < -0.3 is 10.4 Å². The maximum Gasteiger partial charge on any atom is 0.118 e. The number of anilines is 1. The van der Waals surface area contributed by atoms with Crippen molar-refractivity contribution in [1.29, 1.82) is 0 Å². The van der Waals surface area contributed by atoms with Crippen LogP contribution < -0.4 is 5.32 Å². The molecule has 0 bridgehead atoms. The van der Waals surface area contributed by atoms with Crippen molar-refractivity contribution >= 4 is 5.69 Å². The highest BCUT2D eigenvalue weighted by molar-refractivity contribution is 5.50. The van der Waals surface area contributed by atoms with Crippen molar-refractivity contribution in [2.75, 3.05) is 11.9 Å². The third-order valence-corrected chi connectivity index (χ3v) is 3.52. The second-order valence-electron chi connectivity index (χ2n) is 4.89. The van der Waals surface area contributed by atoms with Gasteiger partial charge in [-0.25, -0.2) is 0 Å². The number of nitrogens with one attached hydrogen (secondary N) is 1. The van der Waals surface area contributed by atoms with Crippen molar-refractivity contribution in [3.05, 3.63) is 23.8 Å². The van der Waals surface area contributed by atoms with E-state index in [1.165, 1.54) is 32.1 Å². The van der Waals surface area contributed by atoms with Crippen LogP contribution in [0.1, 0.15) is 37.7 Å². The van der Waals surface area contributed by atoms with Crippen molar-refractivity contribution in [3.63, 3.8) is 0 Å². The molecule has 1 aromatic carbocycles. The van der Waals surface area contributed by atoms with Gasteiger partial charge in [-0.05, 0) is 49.4 Å². The fourth-order valence-electron chi connectivity index (χ4n) is 2.42. The van der Waals surface area contributed by atoms with Crippen LogP contribution in [0.5, 0.6) is 5.75 Å². The van der Waals surface area contributed by atoms with Gasteiger partial charge in [0.15, 0.2) is 0 Å². The Morgan fingerprint density at radius 3 is 2.69 bits per heavy atom. The third kappa shape index (κ3) is 2.91. The Morgan fingerprint density at radius 1 is 1.25 bits per heavy atom. The number of rotatable bonds is 3. The Morgan fingerprint density at radius 2 is 2.00 bits per heavy atom. The van der Waals surface area contributed by atoms with Crippen molar-refractivity contribution in [2.24, 2.45) is 5.92 Å². The highest BCUT2D eigenvalue weighted by Gasteiger charge is 2.12. The van der Waals surface area contributed by atoms with Gasteiger partial charge in [0.1, 0.15) is 5.75 Å². The fraction of sp³-hybridized carbons (Fsp3) is 0.571. The molecule has 0 unspecified atom stereocenters. The minimum atomic E-state index is 0.378. The SMILES string of the molecule is Cc1cc(NCC2CCCCC2)ccc1O. The summed E-state index contributed by atoms with van der Waals surface area (Å²) >= 11 is 0. The quantitative estimate of drug-likeness (QED) is 0.760.